The Morgan fingerprint density at radius 1 is 1.08 bits per heavy atom. The van der Waals surface area contributed by atoms with Crippen molar-refractivity contribution in [2.45, 2.75) is 0.196 Å². The largest absolute Gasteiger partial charge is 0.295 e. The maximum Gasteiger partial charge on any atom is 0.295 e. The number of halogens is 5. The highest BCUT2D eigenvalue weighted by molar-refractivity contribution is 14.3. The zero-order valence-corrected chi connectivity index (χ0v) is 16.8. The van der Waals surface area contributed by atoms with Gasteiger partial charge in [0.25, 0.3) is 10.1 Å². The maximum absolute atomic E-state index is 11.4. The van der Waals surface area contributed by atoms with Crippen molar-refractivity contribution in [1.29, 1.82) is 0 Å². The summed E-state index contributed by atoms with van der Waals surface area (Å²) in [6, 6.07) is 0. The lowest BCUT2D eigenvalue weighted by Gasteiger charge is -2.27. The lowest BCUT2D eigenvalue weighted by molar-refractivity contribution is 0.437. The van der Waals surface area contributed by atoms with E-state index < -0.39 is 10.3 Å². The molecule has 1 radical (unpaired) electrons. The molecule has 0 amide bonds. The van der Waals surface area contributed by atoms with Crippen LogP contribution in [-0.2, 0) is 14.3 Å². The highest BCUT2D eigenvalue weighted by Gasteiger charge is 2.53. The van der Waals surface area contributed by atoms with Crippen LogP contribution in [-0.4, -0.2) is 8.61 Å². The van der Waals surface area contributed by atoms with Crippen LogP contribution < -0.4 is 0 Å². The van der Waals surface area contributed by atoms with Crippen molar-refractivity contribution < 1.29 is 12.6 Å². The molecule has 0 aromatic carbocycles. The van der Waals surface area contributed by atoms with Gasteiger partial charge in [0, 0.05) is 0 Å². The first-order chi connectivity index (χ1) is 5.06. The summed E-state index contributed by atoms with van der Waals surface area (Å²) in [6.07, 6.45) is 0. The molecule has 0 aliphatic carbocycles. The van der Waals surface area contributed by atoms with Gasteiger partial charge in [-0.1, -0.05) is 67.8 Å². The van der Waals surface area contributed by atoms with Gasteiger partial charge in [0.15, 0.2) is -0.565 Å². The van der Waals surface area contributed by atoms with Crippen LogP contribution in [0, 0.1) is 7.11 Å². The van der Waals surface area contributed by atoms with Crippen LogP contribution in [0.3, 0.4) is 0 Å². The lowest BCUT2D eigenvalue weighted by Crippen LogP contribution is -2.37. The Hall–Kier alpha value is 3.56. The van der Waals surface area contributed by atoms with Gasteiger partial charge < -0.3 is 0 Å². The van der Waals surface area contributed by atoms with E-state index in [0.29, 0.717) is 0 Å². The summed E-state index contributed by atoms with van der Waals surface area (Å²) in [5.41, 5.74) is 0. The minimum atomic E-state index is -3.62. The molecule has 0 aromatic rings. The monoisotopic (exact) mass is 752 g/mol. The van der Waals surface area contributed by atoms with E-state index in [0.717, 1.165) is 0 Å². The summed E-state index contributed by atoms with van der Waals surface area (Å²) in [7, 11) is -0.686. The van der Waals surface area contributed by atoms with Crippen LogP contribution in [0.15, 0.2) is 0 Å². The average molecular weight is 753 g/mol. The first kappa shape index (κ1) is 15.6. The molecule has 9 heteroatoms. The fraction of sp³-hybridized carbons (Fsp3) is 0.667. The number of hydrogen-bond acceptors (Lipinski definition) is 3. The highest BCUT2D eigenvalue weighted by atomic mass is 127. The molecule has 0 N–H and O–H groups in total. The minimum Gasteiger partial charge on any atom is -0.266 e. The quantitative estimate of drug-likeness (QED) is 0.252. The van der Waals surface area contributed by atoms with Crippen LogP contribution in [0.25, 0.3) is 0 Å². The molecule has 0 saturated heterocycles. The predicted molar refractivity (Wildman–Crippen MR) is 90.9 cm³/mol. The molecule has 0 atom stereocenters. The second kappa shape index (κ2) is 5.26. The van der Waals surface area contributed by atoms with Gasteiger partial charge in [-0.15, -0.1) is 0 Å². The molecule has 73 valence electrons. The van der Waals surface area contributed by atoms with Crippen molar-refractivity contribution in [3.8, 4) is 0 Å². The van der Waals surface area contributed by atoms with Crippen molar-refractivity contribution in [2.24, 2.45) is 0 Å². The molecule has 3 nitrogen and oxygen atoms in total. The first-order valence-electron chi connectivity index (χ1n) is 2.19. The molecular formula is C3H2I5O3S. The Morgan fingerprint density at radius 3 is 1.50 bits per heavy atom. The molecule has 0 unspecified atom stereocenters. The highest BCUT2D eigenvalue weighted by Crippen LogP contribution is 2.57. The van der Waals surface area contributed by atoms with E-state index in [9.17, 15) is 8.42 Å². The number of rotatable bonds is 3. The van der Waals surface area contributed by atoms with Crippen LogP contribution in [0.1, 0.15) is 0 Å². The van der Waals surface area contributed by atoms with Crippen molar-refractivity contribution >= 4 is 123 Å². The fourth-order valence-corrected chi connectivity index (χ4v) is 3.84. The maximum atomic E-state index is 11.4. The molecule has 0 aromatic heterocycles. The molecule has 12 heavy (non-hydrogen) atoms. The van der Waals surface area contributed by atoms with Gasteiger partial charge in [-0.25, -0.2) is 0 Å². The molecule has 0 heterocycles. The van der Waals surface area contributed by atoms with Gasteiger partial charge in [-0.3, -0.25) is 4.18 Å². The van der Waals surface area contributed by atoms with E-state index in [1.54, 1.807) is 0 Å². The fourth-order valence-electron chi connectivity index (χ4n) is 0.216. The first-order valence-corrected chi connectivity index (χ1v) is 8.99. The average Bonchev–Trinajstić information content (AvgIpc) is 1.85. The van der Waals surface area contributed by atoms with E-state index in [2.05, 4.69) is 11.3 Å². The topological polar surface area (TPSA) is 43.4 Å². The van der Waals surface area contributed by atoms with E-state index >= 15 is 0 Å². The van der Waals surface area contributed by atoms with Gasteiger partial charge in [0.1, 0.15) is 0 Å². The predicted octanol–water partition coefficient (Wildman–Crippen LogP) is 3.61. The molecule has 0 aliphatic heterocycles. The molecule has 0 bridgehead atoms. The Balaban J connectivity index is 5.14. The molecule has 0 saturated carbocycles. The summed E-state index contributed by atoms with van der Waals surface area (Å²) >= 11 is 9.79. The minimum absolute atomic E-state index is 0.488. The van der Waals surface area contributed by atoms with Crippen LogP contribution in [0.5, 0.6) is 0 Å². The molecule has 0 spiro atoms. The molecule has 0 fully saturated rings. The summed E-state index contributed by atoms with van der Waals surface area (Å²) in [6.45, 7) is 0. The zero-order chi connectivity index (χ0) is 10.2. The van der Waals surface area contributed by atoms with Gasteiger partial charge in [-0.2, -0.15) is 8.42 Å². The number of alkyl halides is 5. The third-order valence-electron chi connectivity index (χ3n) is 0.799. The van der Waals surface area contributed by atoms with Gasteiger partial charge in [-0.05, 0) is 45.2 Å². The normalized spacial score (nSPS) is 14.8. The molecule has 0 rings (SSSR count). The van der Waals surface area contributed by atoms with E-state index in [1.165, 1.54) is 0 Å². The van der Waals surface area contributed by atoms with Gasteiger partial charge in [0.2, 0.25) is 0.760 Å². The van der Waals surface area contributed by atoms with E-state index in [1.807, 2.05) is 113 Å². The standard InChI is InChI=1S/C3H2I5O3S/c1-11-12(9,10)3(7,8)2(4,5)6/h1H2. The second-order valence-corrected chi connectivity index (χ2v) is 21.2. The van der Waals surface area contributed by atoms with Crippen LogP contribution in [0.2, 0.25) is 0 Å². The van der Waals surface area contributed by atoms with Crippen molar-refractivity contribution in [2.75, 3.05) is 0 Å². The Bertz CT molecular complexity index is 252. The third kappa shape index (κ3) is 3.55. The van der Waals surface area contributed by atoms with Crippen LogP contribution in [0.4, 0.5) is 0 Å². The lowest BCUT2D eigenvalue weighted by atomic mass is 11.0. The van der Waals surface area contributed by atoms with Crippen molar-refractivity contribution in [3.63, 3.8) is 0 Å². The summed E-state index contributed by atoms with van der Waals surface area (Å²) in [5.74, 6) is 0. The van der Waals surface area contributed by atoms with E-state index in [4.69, 9.17) is 0 Å². The van der Waals surface area contributed by atoms with E-state index in [-0.39, 0.29) is 0 Å². The third-order valence-corrected chi connectivity index (χ3v) is 16.6. The zero-order valence-electron chi connectivity index (χ0n) is 5.23. The van der Waals surface area contributed by atoms with Crippen LogP contribution >= 0.6 is 113 Å². The Labute approximate surface area is 140 Å². The molecular weight excluding hydrogens is 751 g/mol. The second-order valence-electron chi connectivity index (χ2n) is 1.59. The summed E-state index contributed by atoms with van der Waals surface area (Å²) < 4.78 is 25.4. The number of hydrogen-bond donors (Lipinski definition) is 0. The SMILES string of the molecule is [CH2]OS(=O)(=O)C(I)(I)C(I)(I)I. The smallest absolute Gasteiger partial charge is 0.266 e. The Kier molecular flexibility index (Phi) is 6.82. The summed E-state index contributed by atoms with van der Waals surface area (Å²) in [4.78, 5) is 0. The van der Waals surface area contributed by atoms with Gasteiger partial charge >= 0.3 is 0 Å². The Morgan fingerprint density at radius 2 is 1.42 bits per heavy atom. The van der Waals surface area contributed by atoms with Crippen molar-refractivity contribution in [3.05, 3.63) is 7.11 Å². The van der Waals surface area contributed by atoms with Gasteiger partial charge in [0.05, 0.1) is 7.11 Å². The summed E-state index contributed by atoms with van der Waals surface area (Å²) in [5, 5.41) is 0. The van der Waals surface area contributed by atoms with Crippen molar-refractivity contribution in [1.82, 2.24) is 0 Å². The molecule has 0 aliphatic rings.